The molecule has 0 spiro atoms. The number of carbonyl (C=O) groups excluding carboxylic acids is 1. The van der Waals surface area contributed by atoms with Crippen LogP contribution < -0.4 is 5.32 Å². The second-order valence-electron chi connectivity index (χ2n) is 5.09. The number of aromatic amines is 1. The molecular weight excluding hydrogens is 330 g/mol. The summed E-state index contributed by atoms with van der Waals surface area (Å²) in [6, 6.07) is 11.3. The number of hydrogen-bond acceptors (Lipinski definition) is 3. The molecule has 0 saturated heterocycles. The lowest BCUT2D eigenvalue weighted by molar-refractivity contribution is -0.115. The van der Waals surface area contributed by atoms with E-state index in [2.05, 4.69) is 15.5 Å². The molecule has 6 heteroatoms. The summed E-state index contributed by atoms with van der Waals surface area (Å²) in [5.74, 6) is -0.0428. The smallest absolute Gasteiger partial charge is 0.229 e. The molecule has 2 aromatic heterocycles. The topological polar surface area (TPSA) is 57.8 Å². The highest BCUT2D eigenvalue weighted by molar-refractivity contribution is 7.10. The molecule has 2 heterocycles. The standard InChI is InChI=1S/C17H16ClN3OS/c1-2-14-17(19-15(22)10-13-4-3-9-23-13)16(21-20-14)11-5-7-12(18)8-6-11/h3-9H,2,10H2,1H3,(H,19,22)(H,20,21). The molecule has 4 nitrogen and oxygen atoms in total. The zero-order valence-corrected chi connectivity index (χ0v) is 14.2. The fourth-order valence-corrected chi connectivity index (χ4v) is 3.17. The van der Waals surface area contributed by atoms with Crippen molar-refractivity contribution in [3.05, 3.63) is 57.4 Å². The van der Waals surface area contributed by atoms with Crippen molar-refractivity contribution in [2.45, 2.75) is 19.8 Å². The highest BCUT2D eigenvalue weighted by Gasteiger charge is 2.16. The van der Waals surface area contributed by atoms with E-state index in [4.69, 9.17) is 11.6 Å². The van der Waals surface area contributed by atoms with Crippen molar-refractivity contribution in [2.24, 2.45) is 0 Å². The number of H-pyrrole nitrogens is 1. The van der Waals surface area contributed by atoms with Gasteiger partial charge in [-0.2, -0.15) is 5.10 Å². The molecule has 0 radical (unpaired) electrons. The third kappa shape index (κ3) is 3.63. The van der Waals surface area contributed by atoms with E-state index in [0.29, 0.717) is 11.4 Å². The van der Waals surface area contributed by atoms with Gasteiger partial charge >= 0.3 is 0 Å². The van der Waals surface area contributed by atoms with Crippen LogP contribution in [0.25, 0.3) is 11.3 Å². The van der Waals surface area contributed by atoms with Crippen molar-refractivity contribution < 1.29 is 4.79 Å². The minimum absolute atomic E-state index is 0.0428. The van der Waals surface area contributed by atoms with Crippen LogP contribution in [0.3, 0.4) is 0 Å². The number of halogens is 1. The Morgan fingerprint density at radius 2 is 2.09 bits per heavy atom. The SMILES string of the molecule is CCc1[nH]nc(-c2ccc(Cl)cc2)c1NC(=O)Cc1cccs1. The molecule has 2 N–H and O–H groups in total. The Hall–Kier alpha value is -2.11. The van der Waals surface area contributed by atoms with Crippen LogP contribution in [0.2, 0.25) is 5.02 Å². The highest BCUT2D eigenvalue weighted by atomic mass is 35.5. The molecule has 0 atom stereocenters. The monoisotopic (exact) mass is 345 g/mol. The van der Waals surface area contributed by atoms with Crippen molar-refractivity contribution in [2.75, 3.05) is 5.32 Å². The van der Waals surface area contributed by atoms with Gasteiger partial charge in [-0.15, -0.1) is 11.3 Å². The van der Waals surface area contributed by atoms with Gasteiger partial charge in [0.25, 0.3) is 0 Å². The quantitative estimate of drug-likeness (QED) is 0.713. The fourth-order valence-electron chi connectivity index (χ4n) is 2.34. The van der Waals surface area contributed by atoms with E-state index in [1.807, 2.05) is 48.7 Å². The summed E-state index contributed by atoms with van der Waals surface area (Å²) in [6.45, 7) is 2.02. The number of benzene rings is 1. The molecule has 0 fully saturated rings. The Balaban J connectivity index is 1.86. The summed E-state index contributed by atoms with van der Waals surface area (Å²) in [5.41, 5.74) is 3.31. The summed E-state index contributed by atoms with van der Waals surface area (Å²) in [6.07, 6.45) is 1.13. The van der Waals surface area contributed by atoms with Crippen LogP contribution in [0.5, 0.6) is 0 Å². The number of anilines is 1. The molecule has 23 heavy (non-hydrogen) atoms. The molecule has 118 valence electrons. The van der Waals surface area contributed by atoms with Gasteiger partial charge in [0.2, 0.25) is 5.91 Å². The van der Waals surface area contributed by atoms with E-state index < -0.39 is 0 Å². The fraction of sp³-hybridized carbons (Fsp3) is 0.176. The number of rotatable bonds is 5. The molecule has 1 amide bonds. The first kappa shape index (κ1) is 15.8. The average molecular weight is 346 g/mol. The largest absolute Gasteiger partial charge is 0.322 e. The lowest BCUT2D eigenvalue weighted by atomic mass is 10.1. The summed E-state index contributed by atoms with van der Waals surface area (Å²) in [7, 11) is 0. The molecule has 0 aliphatic carbocycles. The highest BCUT2D eigenvalue weighted by Crippen LogP contribution is 2.30. The number of nitrogens with one attached hydrogen (secondary N) is 2. The number of carbonyl (C=O) groups is 1. The van der Waals surface area contributed by atoms with Gasteiger partial charge in [-0.25, -0.2) is 0 Å². The van der Waals surface area contributed by atoms with E-state index in [1.165, 1.54) is 0 Å². The Bertz CT molecular complexity index is 794. The predicted octanol–water partition coefficient (Wildman–Crippen LogP) is 4.54. The van der Waals surface area contributed by atoms with E-state index in [9.17, 15) is 4.79 Å². The maximum Gasteiger partial charge on any atom is 0.229 e. The van der Waals surface area contributed by atoms with Crippen LogP contribution >= 0.6 is 22.9 Å². The first-order chi connectivity index (χ1) is 11.2. The van der Waals surface area contributed by atoms with Crippen LogP contribution in [-0.2, 0) is 17.6 Å². The zero-order chi connectivity index (χ0) is 16.2. The number of thiophene rings is 1. The van der Waals surface area contributed by atoms with Crippen molar-refractivity contribution in [1.82, 2.24) is 10.2 Å². The van der Waals surface area contributed by atoms with Gasteiger partial charge in [-0.05, 0) is 30.0 Å². The van der Waals surface area contributed by atoms with Crippen LogP contribution in [0.15, 0.2) is 41.8 Å². The molecule has 1 aromatic carbocycles. The maximum absolute atomic E-state index is 12.3. The van der Waals surface area contributed by atoms with E-state index in [-0.39, 0.29) is 5.91 Å². The third-order valence-corrected chi connectivity index (χ3v) is 4.62. The number of aryl methyl sites for hydroxylation is 1. The van der Waals surface area contributed by atoms with Crippen LogP contribution in [-0.4, -0.2) is 16.1 Å². The van der Waals surface area contributed by atoms with Crippen LogP contribution in [0, 0.1) is 0 Å². The molecule has 0 saturated carbocycles. The Kier molecular flexibility index (Phi) is 4.79. The van der Waals surface area contributed by atoms with Gasteiger partial charge in [0.15, 0.2) is 0 Å². The second kappa shape index (κ2) is 6.98. The van der Waals surface area contributed by atoms with E-state index >= 15 is 0 Å². The minimum atomic E-state index is -0.0428. The van der Waals surface area contributed by atoms with Crippen molar-refractivity contribution >= 4 is 34.5 Å². The first-order valence-electron chi connectivity index (χ1n) is 7.32. The molecule has 0 aliphatic rings. The second-order valence-corrected chi connectivity index (χ2v) is 6.56. The van der Waals surface area contributed by atoms with E-state index in [0.717, 1.165) is 33.9 Å². The lowest BCUT2D eigenvalue weighted by Gasteiger charge is -2.07. The Morgan fingerprint density at radius 1 is 1.30 bits per heavy atom. The summed E-state index contributed by atoms with van der Waals surface area (Å²) in [4.78, 5) is 13.4. The zero-order valence-electron chi connectivity index (χ0n) is 12.6. The van der Waals surface area contributed by atoms with Crippen molar-refractivity contribution in [3.8, 4) is 11.3 Å². The molecule has 0 bridgehead atoms. The normalized spacial score (nSPS) is 10.7. The number of aromatic nitrogens is 2. The van der Waals surface area contributed by atoms with Gasteiger partial charge in [0.1, 0.15) is 5.69 Å². The van der Waals surface area contributed by atoms with Gasteiger partial charge in [-0.1, -0.05) is 36.7 Å². The Labute approximate surface area is 143 Å². The van der Waals surface area contributed by atoms with E-state index in [1.54, 1.807) is 11.3 Å². The van der Waals surface area contributed by atoms with Crippen LogP contribution in [0.1, 0.15) is 17.5 Å². The van der Waals surface area contributed by atoms with Crippen molar-refractivity contribution in [3.63, 3.8) is 0 Å². The molecule has 0 aliphatic heterocycles. The lowest BCUT2D eigenvalue weighted by Crippen LogP contribution is -2.15. The average Bonchev–Trinajstić information content (AvgIpc) is 3.18. The predicted molar refractivity (Wildman–Crippen MR) is 95.1 cm³/mol. The van der Waals surface area contributed by atoms with Gasteiger partial charge < -0.3 is 5.32 Å². The number of amides is 1. The Morgan fingerprint density at radius 3 is 2.74 bits per heavy atom. The van der Waals surface area contributed by atoms with Crippen LogP contribution in [0.4, 0.5) is 5.69 Å². The third-order valence-electron chi connectivity index (χ3n) is 3.49. The molecular formula is C17H16ClN3OS. The summed E-state index contributed by atoms with van der Waals surface area (Å²) in [5, 5.41) is 13.0. The number of nitrogens with zero attached hydrogens (tertiary/aromatic N) is 1. The number of hydrogen-bond donors (Lipinski definition) is 2. The molecule has 3 rings (SSSR count). The van der Waals surface area contributed by atoms with Gasteiger partial charge in [0.05, 0.1) is 17.8 Å². The minimum Gasteiger partial charge on any atom is -0.322 e. The summed E-state index contributed by atoms with van der Waals surface area (Å²) >= 11 is 7.52. The molecule has 3 aromatic rings. The first-order valence-corrected chi connectivity index (χ1v) is 8.58. The van der Waals surface area contributed by atoms with Gasteiger partial charge in [0, 0.05) is 15.5 Å². The molecule has 0 unspecified atom stereocenters. The maximum atomic E-state index is 12.3. The van der Waals surface area contributed by atoms with Crippen molar-refractivity contribution in [1.29, 1.82) is 0 Å². The van der Waals surface area contributed by atoms with Gasteiger partial charge in [-0.3, -0.25) is 9.89 Å². The summed E-state index contributed by atoms with van der Waals surface area (Å²) < 4.78 is 0.